The molecule has 2 fully saturated rings. The second-order valence-corrected chi connectivity index (χ2v) is 8.06. The number of hydrogen-bond acceptors (Lipinski definition) is 4. The van der Waals surface area contributed by atoms with E-state index in [1.165, 1.54) is 10.6 Å². The summed E-state index contributed by atoms with van der Waals surface area (Å²) in [7, 11) is -3.32. The van der Waals surface area contributed by atoms with Crippen LogP contribution in [0.25, 0.3) is 0 Å². The molecule has 1 aromatic rings. The Morgan fingerprint density at radius 1 is 1.23 bits per heavy atom. The fourth-order valence-corrected chi connectivity index (χ4v) is 4.60. The molecule has 122 valence electrons. The zero-order chi connectivity index (χ0) is 15.7. The summed E-state index contributed by atoms with van der Waals surface area (Å²) in [5, 5.41) is 0. The van der Waals surface area contributed by atoms with E-state index in [1.54, 1.807) is 12.5 Å². The standard InChI is InChI=1S/C14H22N4O3S/c1-22(20,21)18-8-3-5-13(18)14(19)16-7-2-4-12(10-16)17-9-6-15-11-17/h6,9,11-13H,2-5,7-8,10H2,1H3/t12-,13+/m0/s1. The van der Waals surface area contributed by atoms with E-state index < -0.39 is 16.1 Å². The van der Waals surface area contributed by atoms with Gasteiger partial charge in [0.2, 0.25) is 15.9 Å². The van der Waals surface area contributed by atoms with Gasteiger partial charge in [-0.25, -0.2) is 13.4 Å². The Morgan fingerprint density at radius 3 is 2.68 bits per heavy atom. The van der Waals surface area contributed by atoms with Gasteiger partial charge in [-0.3, -0.25) is 4.79 Å². The summed E-state index contributed by atoms with van der Waals surface area (Å²) < 4.78 is 27.0. The lowest BCUT2D eigenvalue weighted by Gasteiger charge is -2.36. The van der Waals surface area contributed by atoms with Crippen LogP contribution in [-0.2, 0) is 14.8 Å². The van der Waals surface area contributed by atoms with Crippen LogP contribution in [0.3, 0.4) is 0 Å². The number of imidazole rings is 1. The lowest BCUT2D eigenvalue weighted by atomic mass is 10.0. The molecule has 0 saturated carbocycles. The van der Waals surface area contributed by atoms with E-state index in [-0.39, 0.29) is 11.9 Å². The highest BCUT2D eigenvalue weighted by Crippen LogP contribution is 2.26. The maximum absolute atomic E-state index is 12.8. The third-order valence-corrected chi connectivity index (χ3v) is 5.86. The van der Waals surface area contributed by atoms with E-state index in [0.29, 0.717) is 26.1 Å². The normalized spacial score (nSPS) is 27.2. The topological polar surface area (TPSA) is 75.5 Å². The van der Waals surface area contributed by atoms with E-state index in [0.717, 1.165) is 19.3 Å². The number of carbonyl (C=O) groups is 1. The minimum atomic E-state index is -3.32. The summed E-state index contributed by atoms with van der Waals surface area (Å²) in [5.41, 5.74) is 0. The molecule has 7 nitrogen and oxygen atoms in total. The van der Waals surface area contributed by atoms with E-state index in [9.17, 15) is 13.2 Å². The highest BCUT2D eigenvalue weighted by Gasteiger charge is 2.39. The molecule has 0 spiro atoms. The molecule has 2 aliphatic rings. The third-order valence-electron chi connectivity index (χ3n) is 4.57. The van der Waals surface area contributed by atoms with Gasteiger partial charge in [-0.2, -0.15) is 4.31 Å². The highest BCUT2D eigenvalue weighted by atomic mass is 32.2. The van der Waals surface area contributed by atoms with Crippen molar-refractivity contribution in [2.24, 2.45) is 0 Å². The Bertz CT molecular complexity index is 629. The van der Waals surface area contributed by atoms with Gasteiger partial charge < -0.3 is 9.47 Å². The first kappa shape index (κ1) is 15.5. The summed E-state index contributed by atoms with van der Waals surface area (Å²) in [6.07, 6.45) is 9.93. The second-order valence-electron chi connectivity index (χ2n) is 6.12. The van der Waals surface area contributed by atoms with E-state index in [4.69, 9.17) is 0 Å². The molecule has 2 saturated heterocycles. The Hall–Kier alpha value is -1.41. The van der Waals surface area contributed by atoms with Crippen LogP contribution < -0.4 is 0 Å². The maximum Gasteiger partial charge on any atom is 0.241 e. The van der Waals surface area contributed by atoms with Crippen LogP contribution in [-0.4, -0.2) is 65.0 Å². The van der Waals surface area contributed by atoms with Gasteiger partial charge in [-0.15, -0.1) is 0 Å². The predicted octanol–water partition coefficient (Wildman–Crippen LogP) is 0.471. The lowest BCUT2D eigenvalue weighted by Crippen LogP contribution is -2.50. The minimum absolute atomic E-state index is 0.0484. The van der Waals surface area contributed by atoms with Crippen LogP contribution >= 0.6 is 0 Å². The molecule has 1 aromatic heterocycles. The van der Waals surface area contributed by atoms with Gasteiger partial charge >= 0.3 is 0 Å². The number of sulfonamides is 1. The second kappa shape index (κ2) is 6.00. The average molecular weight is 326 g/mol. The molecule has 1 amide bonds. The predicted molar refractivity (Wildman–Crippen MR) is 81.6 cm³/mol. The van der Waals surface area contributed by atoms with E-state index in [2.05, 4.69) is 4.98 Å². The first-order chi connectivity index (χ1) is 10.5. The summed E-state index contributed by atoms with van der Waals surface area (Å²) >= 11 is 0. The minimum Gasteiger partial charge on any atom is -0.339 e. The molecule has 22 heavy (non-hydrogen) atoms. The van der Waals surface area contributed by atoms with Gasteiger partial charge in [0, 0.05) is 32.0 Å². The molecule has 0 radical (unpaired) electrons. The fourth-order valence-electron chi connectivity index (χ4n) is 3.48. The number of amides is 1. The Kier molecular flexibility index (Phi) is 4.22. The van der Waals surface area contributed by atoms with Gasteiger partial charge in [-0.05, 0) is 25.7 Å². The van der Waals surface area contributed by atoms with Crippen LogP contribution in [0.5, 0.6) is 0 Å². The van der Waals surface area contributed by atoms with Crippen molar-refractivity contribution >= 4 is 15.9 Å². The number of aromatic nitrogens is 2. The van der Waals surface area contributed by atoms with Crippen molar-refractivity contribution < 1.29 is 13.2 Å². The largest absolute Gasteiger partial charge is 0.339 e. The van der Waals surface area contributed by atoms with E-state index in [1.807, 2.05) is 15.7 Å². The molecule has 0 bridgehead atoms. The third kappa shape index (κ3) is 3.03. The molecular formula is C14H22N4O3S. The SMILES string of the molecule is CS(=O)(=O)N1CCC[C@@H]1C(=O)N1CCC[C@H](n2ccnc2)C1. The Labute approximate surface area is 131 Å². The summed E-state index contributed by atoms with van der Waals surface area (Å²) in [5.74, 6) is -0.0484. The smallest absolute Gasteiger partial charge is 0.241 e. The van der Waals surface area contributed by atoms with Crippen molar-refractivity contribution in [2.75, 3.05) is 25.9 Å². The first-order valence-corrected chi connectivity index (χ1v) is 9.54. The van der Waals surface area contributed by atoms with Crippen molar-refractivity contribution in [3.63, 3.8) is 0 Å². The van der Waals surface area contributed by atoms with Crippen LogP contribution in [0, 0.1) is 0 Å². The fraction of sp³-hybridized carbons (Fsp3) is 0.714. The highest BCUT2D eigenvalue weighted by molar-refractivity contribution is 7.88. The summed E-state index contributed by atoms with van der Waals surface area (Å²) in [6, 6.07) is -0.287. The molecule has 0 unspecified atom stereocenters. The number of carbonyl (C=O) groups excluding carboxylic acids is 1. The zero-order valence-electron chi connectivity index (χ0n) is 12.8. The van der Waals surface area contributed by atoms with Crippen molar-refractivity contribution in [1.29, 1.82) is 0 Å². The van der Waals surface area contributed by atoms with Crippen LogP contribution in [0.15, 0.2) is 18.7 Å². The average Bonchev–Trinajstić information content (AvgIpc) is 3.17. The first-order valence-electron chi connectivity index (χ1n) is 7.70. The number of likely N-dealkylation sites (tertiary alicyclic amines) is 1. The van der Waals surface area contributed by atoms with Crippen LogP contribution in [0.1, 0.15) is 31.7 Å². The molecule has 0 aromatic carbocycles. The number of piperidine rings is 1. The molecule has 0 aliphatic carbocycles. The van der Waals surface area contributed by atoms with Crippen molar-refractivity contribution in [3.8, 4) is 0 Å². The number of nitrogens with zero attached hydrogens (tertiary/aromatic N) is 4. The lowest BCUT2D eigenvalue weighted by molar-refractivity contribution is -0.136. The van der Waals surface area contributed by atoms with Gasteiger partial charge in [-0.1, -0.05) is 0 Å². The van der Waals surface area contributed by atoms with Crippen molar-refractivity contribution in [3.05, 3.63) is 18.7 Å². The van der Waals surface area contributed by atoms with Gasteiger partial charge in [0.15, 0.2) is 0 Å². The van der Waals surface area contributed by atoms with Gasteiger partial charge in [0.05, 0.1) is 18.6 Å². The number of hydrogen-bond donors (Lipinski definition) is 0. The van der Waals surface area contributed by atoms with Crippen LogP contribution in [0.2, 0.25) is 0 Å². The maximum atomic E-state index is 12.8. The van der Waals surface area contributed by atoms with Crippen molar-refractivity contribution in [2.45, 2.75) is 37.8 Å². The molecular weight excluding hydrogens is 304 g/mol. The molecule has 2 aliphatic heterocycles. The molecule has 8 heteroatoms. The Balaban J connectivity index is 1.72. The molecule has 3 rings (SSSR count). The monoisotopic (exact) mass is 326 g/mol. The van der Waals surface area contributed by atoms with Crippen LogP contribution in [0.4, 0.5) is 0 Å². The van der Waals surface area contributed by atoms with Gasteiger partial charge in [0.25, 0.3) is 0 Å². The summed E-state index contributed by atoms with van der Waals surface area (Å²) in [6.45, 7) is 1.79. The molecule has 0 N–H and O–H groups in total. The Morgan fingerprint density at radius 2 is 2.00 bits per heavy atom. The number of rotatable bonds is 3. The zero-order valence-corrected chi connectivity index (χ0v) is 13.6. The quantitative estimate of drug-likeness (QED) is 0.809. The summed E-state index contributed by atoms with van der Waals surface area (Å²) in [4.78, 5) is 18.7. The van der Waals surface area contributed by atoms with Crippen molar-refractivity contribution in [1.82, 2.24) is 18.8 Å². The van der Waals surface area contributed by atoms with E-state index >= 15 is 0 Å². The molecule has 3 heterocycles. The van der Waals surface area contributed by atoms with Gasteiger partial charge in [0.1, 0.15) is 6.04 Å². The molecule has 2 atom stereocenters.